The van der Waals surface area contributed by atoms with Crippen molar-refractivity contribution in [3.8, 4) is 5.75 Å². The van der Waals surface area contributed by atoms with Crippen molar-refractivity contribution in [2.75, 3.05) is 5.73 Å². The maximum atomic E-state index is 10.9. The van der Waals surface area contributed by atoms with Crippen molar-refractivity contribution < 1.29 is 9.66 Å². The molecule has 2 aromatic rings. The number of rotatable bonds is 4. The first-order valence-corrected chi connectivity index (χ1v) is 6.57. The zero-order valence-corrected chi connectivity index (χ0v) is 11.6. The minimum atomic E-state index is -0.590. The number of hydrogen-bond acceptors (Lipinski definition) is 6. The van der Waals surface area contributed by atoms with Crippen LogP contribution < -0.4 is 10.5 Å². The van der Waals surface area contributed by atoms with Crippen LogP contribution in [0.25, 0.3) is 0 Å². The third kappa shape index (κ3) is 3.25. The molecule has 0 fully saturated rings. The highest BCUT2D eigenvalue weighted by molar-refractivity contribution is 7.13. The summed E-state index contributed by atoms with van der Waals surface area (Å²) in [5.41, 5.74) is 5.81. The van der Waals surface area contributed by atoms with Gasteiger partial charge in [0.15, 0.2) is 10.9 Å². The lowest BCUT2D eigenvalue weighted by atomic mass is 10.3. The first kappa shape index (κ1) is 13.9. The van der Waals surface area contributed by atoms with E-state index in [0.717, 1.165) is 6.07 Å². The van der Waals surface area contributed by atoms with E-state index in [-0.39, 0.29) is 28.1 Å². The molecule has 2 N–H and O–H groups in total. The molecule has 0 amide bonds. The van der Waals surface area contributed by atoms with E-state index in [4.69, 9.17) is 33.7 Å². The number of halogens is 2. The van der Waals surface area contributed by atoms with Gasteiger partial charge in [0.05, 0.1) is 20.7 Å². The Hall–Kier alpha value is -1.57. The second-order valence-electron chi connectivity index (χ2n) is 3.46. The average molecular weight is 320 g/mol. The second kappa shape index (κ2) is 5.60. The molecule has 0 saturated heterocycles. The van der Waals surface area contributed by atoms with Gasteiger partial charge in [0, 0.05) is 17.5 Å². The molecule has 0 spiro atoms. The number of benzene rings is 1. The summed E-state index contributed by atoms with van der Waals surface area (Å²) in [5, 5.41) is 13.3. The van der Waals surface area contributed by atoms with E-state index in [1.807, 2.05) is 0 Å². The van der Waals surface area contributed by atoms with E-state index in [9.17, 15) is 10.1 Å². The number of aromatic nitrogens is 1. The molecule has 0 bridgehead atoms. The smallest absolute Gasteiger partial charge is 0.312 e. The molecule has 1 aromatic heterocycles. The zero-order valence-electron chi connectivity index (χ0n) is 9.30. The van der Waals surface area contributed by atoms with Crippen molar-refractivity contribution in [3.63, 3.8) is 0 Å². The Bertz CT molecular complexity index is 632. The van der Waals surface area contributed by atoms with Gasteiger partial charge in [0.25, 0.3) is 0 Å². The Morgan fingerprint density at radius 2 is 2.11 bits per heavy atom. The van der Waals surface area contributed by atoms with Crippen LogP contribution in [0, 0.1) is 10.1 Å². The molecule has 1 aromatic carbocycles. The Morgan fingerprint density at radius 3 is 2.68 bits per heavy atom. The molecule has 0 unspecified atom stereocenters. The summed E-state index contributed by atoms with van der Waals surface area (Å²) in [5.74, 6) is 0.0333. The molecule has 19 heavy (non-hydrogen) atoms. The summed E-state index contributed by atoms with van der Waals surface area (Å²) in [7, 11) is 0. The third-order valence-electron chi connectivity index (χ3n) is 2.14. The molecule has 0 saturated carbocycles. The number of nitrogens with two attached hydrogens (primary N) is 1. The van der Waals surface area contributed by atoms with Gasteiger partial charge in [0.2, 0.25) is 0 Å². The molecule has 0 aliphatic heterocycles. The SMILES string of the molecule is Nc1nc(COc2cc(Cl)c(Cl)cc2[N+](=O)[O-])cs1. The minimum absolute atomic E-state index is 0.0333. The number of thiazole rings is 1. The maximum Gasteiger partial charge on any atom is 0.312 e. The Labute approximate surface area is 121 Å². The molecule has 0 atom stereocenters. The van der Waals surface area contributed by atoms with Crippen molar-refractivity contribution in [2.24, 2.45) is 0 Å². The predicted octanol–water partition coefficient (Wildman–Crippen LogP) is 3.52. The fourth-order valence-corrected chi connectivity index (χ4v) is 2.18. The van der Waals surface area contributed by atoms with Gasteiger partial charge >= 0.3 is 5.69 Å². The average Bonchev–Trinajstić information content (AvgIpc) is 2.76. The number of nitro benzene ring substituents is 1. The number of ether oxygens (including phenoxy) is 1. The number of nitrogen functional groups attached to an aromatic ring is 1. The van der Waals surface area contributed by atoms with E-state index in [2.05, 4.69) is 4.98 Å². The minimum Gasteiger partial charge on any atom is -0.480 e. The fraction of sp³-hybridized carbons (Fsp3) is 0.100. The van der Waals surface area contributed by atoms with Crippen LogP contribution >= 0.6 is 34.5 Å². The van der Waals surface area contributed by atoms with Gasteiger partial charge in [-0.1, -0.05) is 23.2 Å². The van der Waals surface area contributed by atoms with E-state index < -0.39 is 4.92 Å². The van der Waals surface area contributed by atoms with Gasteiger partial charge in [-0.25, -0.2) is 4.98 Å². The second-order valence-corrected chi connectivity index (χ2v) is 5.16. The third-order valence-corrected chi connectivity index (χ3v) is 3.59. The highest BCUT2D eigenvalue weighted by Crippen LogP contribution is 2.36. The van der Waals surface area contributed by atoms with E-state index in [1.54, 1.807) is 5.38 Å². The number of nitro groups is 1. The Kier molecular flexibility index (Phi) is 4.08. The summed E-state index contributed by atoms with van der Waals surface area (Å²) < 4.78 is 5.34. The molecule has 2 rings (SSSR count). The van der Waals surface area contributed by atoms with Crippen LogP contribution in [0.1, 0.15) is 5.69 Å². The number of anilines is 1. The molecular weight excluding hydrogens is 313 g/mol. The number of nitrogens with zero attached hydrogens (tertiary/aromatic N) is 2. The Morgan fingerprint density at radius 1 is 1.42 bits per heavy atom. The summed E-state index contributed by atoms with van der Waals surface area (Å²) in [6, 6.07) is 2.45. The molecule has 9 heteroatoms. The van der Waals surface area contributed by atoms with Crippen LogP contribution in [0.4, 0.5) is 10.8 Å². The molecular formula is C10H7Cl2N3O3S. The molecule has 1 heterocycles. The maximum absolute atomic E-state index is 10.9. The zero-order chi connectivity index (χ0) is 14.0. The van der Waals surface area contributed by atoms with E-state index in [1.165, 1.54) is 17.4 Å². The molecule has 100 valence electrons. The lowest BCUT2D eigenvalue weighted by molar-refractivity contribution is -0.385. The highest BCUT2D eigenvalue weighted by atomic mass is 35.5. The van der Waals surface area contributed by atoms with Gasteiger partial charge in [-0.15, -0.1) is 11.3 Å². The first-order valence-electron chi connectivity index (χ1n) is 4.93. The summed E-state index contributed by atoms with van der Waals surface area (Å²) in [6.45, 7) is 0.0620. The fourth-order valence-electron chi connectivity index (χ4n) is 1.32. The van der Waals surface area contributed by atoms with Crippen molar-refractivity contribution in [1.82, 2.24) is 4.98 Å². The van der Waals surface area contributed by atoms with Gasteiger partial charge < -0.3 is 10.5 Å². The standard InChI is InChI=1S/C10H7Cl2N3O3S/c11-6-1-8(15(16)17)9(2-7(6)12)18-3-5-4-19-10(13)14-5/h1-2,4H,3H2,(H2,13,14). The molecule has 0 aliphatic rings. The van der Waals surface area contributed by atoms with Gasteiger partial charge in [-0.3, -0.25) is 10.1 Å². The van der Waals surface area contributed by atoms with Crippen molar-refractivity contribution in [1.29, 1.82) is 0 Å². The molecule has 6 nitrogen and oxygen atoms in total. The van der Waals surface area contributed by atoms with E-state index in [0.29, 0.717) is 10.8 Å². The van der Waals surface area contributed by atoms with Crippen molar-refractivity contribution in [2.45, 2.75) is 6.61 Å². The normalized spacial score (nSPS) is 10.4. The van der Waals surface area contributed by atoms with Gasteiger partial charge in [-0.2, -0.15) is 0 Å². The topological polar surface area (TPSA) is 91.3 Å². The quantitative estimate of drug-likeness (QED) is 0.687. The van der Waals surface area contributed by atoms with Crippen LogP contribution in [-0.4, -0.2) is 9.91 Å². The lowest BCUT2D eigenvalue weighted by Gasteiger charge is -2.06. The van der Waals surface area contributed by atoms with Crippen molar-refractivity contribution in [3.05, 3.63) is 43.4 Å². The largest absolute Gasteiger partial charge is 0.480 e. The van der Waals surface area contributed by atoms with Crippen LogP contribution in [0.2, 0.25) is 10.0 Å². The molecule has 0 radical (unpaired) electrons. The van der Waals surface area contributed by atoms with Crippen LogP contribution in [0.3, 0.4) is 0 Å². The van der Waals surface area contributed by atoms with Crippen LogP contribution in [0.5, 0.6) is 5.75 Å². The number of hydrogen-bond donors (Lipinski definition) is 1. The monoisotopic (exact) mass is 319 g/mol. The van der Waals surface area contributed by atoms with Gasteiger partial charge in [0.1, 0.15) is 6.61 Å². The first-order chi connectivity index (χ1) is 8.97. The lowest BCUT2D eigenvalue weighted by Crippen LogP contribution is -2.00. The Balaban J connectivity index is 2.23. The summed E-state index contributed by atoms with van der Waals surface area (Å²) >= 11 is 12.8. The molecule has 0 aliphatic carbocycles. The summed E-state index contributed by atoms with van der Waals surface area (Å²) in [4.78, 5) is 14.3. The predicted molar refractivity (Wildman–Crippen MR) is 74.0 cm³/mol. The van der Waals surface area contributed by atoms with Gasteiger partial charge in [-0.05, 0) is 0 Å². The van der Waals surface area contributed by atoms with E-state index >= 15 is 0 Å². The van der Waals surface area contributed by atoms with Crippen molar-refractivity contribution >= 4 is 45.4 Å². The summed E-state index contributed by atoms with van der Waals surface area (Å²) in [6.07, 6.45) is 0. The van der Waals surface area contributed by atoms with Crippen LogP contribution in [-0.2, 0) is 6.61 Å². The highest BCUT2D eigenvalue weighted by Gasteiger charge is 2.18. The van der Waals surface area contributed by atoms with Crippen LogP contribution in [0.15, 0.2) is 17.5 Å².